The molecule has 1 aliphatic heterocycles. The summed E-state index contributed by atoms with van der Waals surface area (Å²) in [6.07, 6.45) is 2.68. The van der Waals surface area contributed by atoms with Gasteiger partial charge in [-0.05, 0) is 37.1 Å². The number of amides is 1. The van der Waals surface area contributed by atoms with Crippen molar-refractivity contribution in [2.75, 3.05) is 18.5 Å². The van der Waals surface area contributed by atoms with Crippen LogP contribution in [0.5, 0.6) is 0 Å². The van der Waals surface area contributed by atoms with Crippen molar-refractivity contribution in [1.29, 1.82) is 0 Å². The zero-order valence-corrected chi connectivity index (χ0v) is 15.9. The van der Waals surface area contributed by atoms with Crippen LogP contribution < -0.4 is 5.32 Å². The van der Waals surface area contributed by atoms with Crippen molar-refractivity contribution in [1.82, 2.24) is 4.98 Å². The summed E-state index contributed by atoms with van der Waals surface area (Å²) in [7, 11) is 0. The van der Waals surface area contributed by atoms with E-state index < -0.39 is 17.5 Å². The smallest absolute Gasteiger partial charge is 0.257 e. The second-order valence-electron chi connectivity index (χ2n) is 6.54. The monoisotopic (exact) mass is 418 g/mol. The molecular formula is C20H16F2N2O4S. The van der Waals surface area contributed by atoms with Gasteiger partial charge in [0.2, 0.25) is 0 Å². The van der Waals surface area contributed by atoms with Crippen LogP contribution in [0.1, 0.15) is 32.9 Å². The maximum atomic E-state index is 13.4. The van der Waals surface area contributed by atoms with Gasteiger partial charge in [-0.25, -0.2) is 13.8 Å². The highest BCUT2D eigenvalue weighted by Crippen LogP contribution is 2.35. The molecule has 0 saturated carbocycles. The highest BCUT2D eigenvalue weighted by atomic mass is 32.1. The number of ether oxygens (including phenoxy) is 1. The molecule has 0 aliphatic carbocycles. The molecule has 1 aromatic carbocycles. The Kier molecular flexibility index (Phi) is 5.50. The Morgan fingerprint density at radius 3 is 2.52 bits per heavy atom. The van der Waals surface area contributed by atoms with Crippen molar-refractivity contribution in [2.24, 2.45) is 5.92 Å². The third kappa shape index (κ3) is 4.25. The number of nitrogens with one attached hydrogen (secondary N) is 1. The first-order valence-corrected chi connectivity index (χ1v) is 9.77. The predicted molar refractivity (Wildman–Crippen MR) is 102 cm³/mol. The van der Waals surface area contributed by atoms with Gasteiger partial charge in [-0.3, -0.25) is 14.9 Å². The average molecular weight is 418 g/mol. The van der Waals surface area contributed by atoms with Gasteiger partial charge in [0.15, 0.2) is 16.7 Å². The molecule has 9 heteroatoms. The minimum atomic E-state index is -0.860. The number of hydrogen-bond acceptors (Lipinski definition) is 6. The van der Waals surface area contributed by atoms with Crippen LogP contribution in [0.4, 0.5) is 13.9 Å². The van der Waals surface area contributed by atoms with Gasteiger partial charge in [0.1, 0.15) is 22.2 Å². The maximum Gasteiger partial charge on any atom is 0.257 e. The standard InChI is InChI=1S/C20H16F2N2O4S/c21-13-8-12(9-14(22)10-13)19(26)24-20-23-16(15-2-1-5-28-15)18(29-20)17(25)11-3-6-27-7-4-11/h1-2,5,8-11H,3-4,6-7H2,(H,23,24,26). The molecule has 1 amide bonds. The molecule has 6 nitrogen and oxygen atoms in total. The number of thiazole rings is 1. The van der Waals surface area contributed by atoms with Gasteiger partial charge in [-0.1, -0.05) is 11.3 Å². The van der Waals surface area contributed by atoms with Gasteiger partial charge in [-0.15, -0.1) is 0 Å². The molecule has 0 spiro atoms. The fourth-order valence-corrected chi connectivity index (χ4v) is 4.10. The van der Waals surface area contributed by atoms with E-state index in [1.807, 2.05) is 0 Å². The number of anilines is 1. The van der Waals surface area contributed by atoms with Gasteiger partial charge >= 0.3 is 0 Å². The minimum Gasteiger partial charge on any atom is -0.463 e. The highest BCUT2D eigenvalue weighted by molar-refractivity contribution is 7.18. The molecule has 0 atom stereocenters. The molecule has 2 aromatic heterocycles. The molecule has 150 valence electrons. The van der Waals surface area contributed by atoms with Crippen LogP contribution in [0.2, 0.25) is 0 Å². The highest BCUT2D eigenvalue weighted by Gasteiger charge is 2.29. The van der Waals surface area contributed by atoms with E-state index in [4.69, 9.17) is 9.15 Å². The van der Waals surface area contributed by atoms with E-state index in [0.717, 1.165) is 23.5 Å². The normalized spacial score (nSPS) is 14.7. The summed E-state index contributed by atoms with van der Waals surface area (Å²) in [6.45, 7) is 1.03. The van der Waals surface area contributed by atoms with E-state index in [0.29, 0.717) is 48.5 Å². The molecule has 0 bridgehead atoms. The Bertz CT molecular complexity index is 1020. The van der Waals surface area contributed by atoms with Crippen LogP contribution >= 0.6 is 11.3 Å². The van der Waals surface area contributed by atoms with Crippen LogP contribution in [0.15, 0.2) is 41.0 Å². The summed E-state index contributed by atoms with van der Waals surface area (Å²) >= 11 is 1.01. The lowest BCUT2D eigenvalue weighted by molar-refractivity contribution is 0.0547. The van der Waals surface area contributed by atoms with E-state index >= 15 is 0 Å². The van der Waals surface area contributed by atoms with Crippen molar-refractivity contribution in [3.8, 4) is 11.5 Å². The fourth-order valence-electron chi connectivity index (χ4n) is 3.12. The number of Topliss-reactive ketones (excluding diaryl/α,β-unsaturated/α-hetero) is 1. The minimum absolute atomic E-state index is 0.0884. The number of rotatable bonds is 5. The number of carbonyl (C=O) groups excluding carboxylic acids is 2. The Labute approximate surface area is 168 Å². The Morgan fingerprint density at radius 2 is 1.86 bits per heavy atom. The molecule has 3 heterocycles. The summed E-state index contributed by atoms with van der Waals surface area (Å²) in [5.74, 6) is -2.34. The molecule has 1 N–H and O–H groups in total. The van der Waals surface area contributed by atoms with Gasteiger partial charge in [-0.2, -0.15) is 0 Å². The van der Waals surface area contributed by atoms with E-state index in [1.165, 1.54) is 6.26 Å². The average Bonchev–Trinajstić information content (AvgIpc) is 3.37. The number of nitrogens with zero attached hydrogens (tertiary/aromatic N) is 1. The van der Waals surface area contributed by atoms with Crippen LogP contribution in [-0.4, -0.2) is 29.9 Å². The maximum absolute atomic E-state index is 13.4. The van der Waals surface area contributed by atoms with Crippen molar-refractivity contribution in [2.45, 2.75) is 12.8 Å². The summed E-state index contributed by atoms with van der Waals surface area (Å²) in [5, 5.41) is 2.65. The number of aromatic nitrogens is 1. The van der Waals surface area contributed by atoms with Crippen molar-refractivity contribution in [3.05, 3.63) is 58.7 Å². The SMILES string of the molecule is O=C(Nc1nc(-c2ccco2)c(C(=O)C2CCOCC2)s1)c1cc(F)cc(F)c1. The Hall–Kier alpha value is -2.91. The lowest BCUT2D eigenvalue weighted by Gasteiger charge is -2.20. The molecule has 4 rings (SSSR count). The number of hydrogen-bond donors (Lipinski definition) is 1. The lowest BCUT2D eigenvalue weighted by Crippen LogP contribution is -2.23. The molecule has 1 fully saturated rings. The van der Waals surface area contributed by atoms with Crippen LogP contribution in [0.25, 0.3) is 11.5 Å². The fraction of sp³-hybridized carbons (Fsp3) is 0.250. The third-order valence-electron chi connectivity index (χ3n) is 4.54. The first kappa shape index (κ1) is 19.4. The van der Waals surface area contributed by atoms with E-state index in [2.05, 4.69) is 10.3 Å². The van der Waals surface area contributed by atoms with Gasteiger partial charge in [0.25, 0.3) is 5.91 Å². The van der Waals surface area contributed by atoms with Gasteiger partial charge < -0.3 is 9.15 Å². The molecule has 3 aromatic rings. The second kappa shape index (κ2) is 8.22. The summed E-state index contributed by atoms with van der Waals surface area (Å²) in [4.78, 5) is 30.1. The summed E-state index contributed by atoms with van der Waals surface area (Å²) in [6, 6.07) is 5.87. The number of carbonyl (C=O) groups is 2. The Balaban J connectivity index is 1.64. The number of ketones is 1. The van der Waals surface area contributed by atoms with Crippen molar-refractivity contribution in [3.63, 3.8) is 0 Å². The third-order valence-corrected chi connectivity index (χ3v) is 5.53. The number of halogens is 2. The Morgan fingerprint density at radius 1 is 1.14 bits per heavy atom. The van der Waals surface area contributed by atoms with Gasteiger partial charge in [0, 0.05) is 30.8 Å². The summed E-state index contributed by atoms with van der Waals surface area (Å²) in [5.41, 5.74) is 0.145. The first-order chi connectivity index (χ1) is 14.0. The van der Waals surface area contributed by atoms with Crippen LogP contribution in [0, 0.1) is 17.6 Å². The predicted octanol–water partition coefficient (Wildman–Crippen LogP) is 4.54. The largest absolute Gasteiger partial charge is 0.463 e. The van der Waals surface area contributed by atoms with Crippen LogP contribution in [0.3, 0.4) is 0 Å². The van der Waals surface area contributed by atoms with E-state index in [9.17, 15) is 18.4 Å². The van der Waals surface area contributed by atoms with E-state index in [-0.39, 0.29) is 22.4 Å². The second-order valence-corrected chi connectivity index (χ2v) is 7.54. The molecule has 1 aliphatic rings. The van der Waals surface area contributed by atoms with Crippen molar-refractivity contribution < 1.29 is 27.5 Å². The molecule has 0 radical (unpaired) electrons. The topological polar surface area (TPSA) is 81.4 Å². The molecule has 29 heavy (non-hydrogen) atoms. The zero-order chi connectivity index (χ0) is 20.4. The number of furan rings is 1. The molecular weight excluding hydrogens is 402 g/mol. The zero-order valence-electron chi connectivity index (χ0n) is 15.1. The summed E-state index contributed by atoms with van der Waals surface area (Å²) < 4.78 is 37.5. The molecule has 0 unspecified atom stereocenters. The first-order valence-electron chi connectivity index (χ1n) is 8.95. The lowest BCUT2D eigenvalue weighted by atomic mass is 9.94. The molecule has 1 saturated heterocycles. The van der Waals surface area contributed by atoms with Crippen LogP contribution in [-0.2, 0) is 4.74 Å². The van der Waals surface area contributed by atoms with Gasteiger partial charge in [0.05, 0.1) is 6.26 Å². The number of benzene rings is 1. The quantitative estimate of drug-likeness (QED) is 0.615. The van der Waals surface area contributed by atoms with Crippen molar-refractivity contribution >= 4 is 28.2 Å². The van der Waals surface area contributed by atoms with E-state index in [1.54, 1.807) is 12.1 Å².